The molecule has 1 aromatic heterocycles. The van der Waals surface area contributed by atoms with E-state index in [0.717, 1.165) is 16.8 Å². The fourth-order valence-electron chi connectivity index (χ4n) is 2.22. The predicted octanol–water partition coefficient (Wildman–Crippen LogP) is 4.77. The second-order valence-corrected chi connectivity index (χ2v) is 5.05. The van der Waals surface area contributed by atoms with Crippen LogP contribution in [0.3, 0.4) is 0 Å². The normalized spacial score (nSPS) is 11.5. The number of nitrogens with zero attached hydrogens (tertiary/aromatic N) is 1. The molecule has 0 unspecified atom stereocenters. The summed E-state index contributed by atoms with van der Waals surface area (Å²) in [6, 6.07) is 3.18. The van der Waals surface area contributed by atoms with Crippen molar-refractivity contribution in [3.05, 3.63) is 39.8 Å². The van der Waals surface area contributed by atoms with Crippen molar-refractivity contribution in [3.63, 3.8) is 0 Å². The average Bonchev–Trinajstić information content (AvgIpc) is 2.22. The Hall–Kier alpha value is -1.15. The zero-order valence-corrected chi connectivity index (χ0v) is 11.2. The molecule has 0 aliphatic heterocycles. The Bertz CT molecular complexity index is 591. The van der Waals surface area contributed by atoms with Gasteiger partial charge in [-0.15, -0.1) is 0 Å². The van der Waals surface area contributed by atoms with Crippen molar-refractivity contribution in [2.75, 3.05) is 0 Å². The summed E-state index contributed by atoms with van der Waals surface area (Å²) in [4.78, 5) is 4.49. The maximum Gasteiger partial charge on any atom is 0.134 e. The summed E-state index contributed by atoms with van der Waals surface area (Å²) < 4.78 is 13.9. The highest BCUT2D eigenvalue weighted by molar-refractivity contribution is 6.36. The number of aryl methyl sites for hydroxylation is 2. The summed E-state index contributed by atoms with van der Waals surface area (Å²) in [5.74, 6) is -0.0655. The minimum absolute atomic E-state index is 0.235. The number of aromatic nitrogens is 1. The molecule has 2 rings (SSSR count). The Morgan fingerprint density at radius 2 is 1.88 bits per heavy atom. The lowest BCUT2D eigenvalue weighted by atomic mass is 9.98. The zero-order valence-electron chi connectivity index (χ0n) is 10.4. The molecule has 17 heavy (non-hydrogen) atoms. The first-order valence-corrected chi connectivity index (χ1v) is 6.06. The monoisotopic (exact) mass is 251 g/mol. The van der Waals surface area contributed by atoms with Crippen molar-refractivity contribution in [1.82, 2.24) is 4.98 Å². The van der Waals surface area contributed by atoms with E-state index in [0.29, 0.717) is 15.9 Å². The molecule has 0 saturated heterocycles. The van der Waals surface area contributed by atoms with Gasteiger partial charge < -0.3 is 0 Å². The molecule has 3 heteroatoms. The van der Waals surface area contributed by atoms with E-state index in [1.54, 1.807) is 6.07 Å². The first kappa shape index (κ1) is 12.3. The third-order valence-corrected chi connectivity index (χ3v) is 3.42. The van der Waals surface area contributed by atoms with E-state index < -0.39 is 0 Å². The summed E-state index contributed by atoms with van der Waals surface area (Å²) in [5, 5.41) is 0.949. The van der Waals surface area contributed by atoms with Crippen LogP contribution < -0.4 is 0 Å². The quantitative estimate of drug-likeness (QED) is 0.712. The van der Waals surface area contributed by atoms with Crippen LogP contribution in [0, 0.1) is 19.7 Å². The van der Waals surface area contributed by atoms with Crippen LogP contribution in [-0.2, 0) is 0 Å². The van der Waals surface area contributed by atoms with Crippen LogP contribution in [0.15, 0.2) is 12.1 Å². The highest BCUT2D eigenvalue weighted by Gasteiger charge is 2.17. The third kappa shape index (κ3) is 1.91. The molecule has 0 fully saturated rings. The predicted molar refractivity (Wildman–Crippen MR) is 70.3 cm³/mol. The first-order chi connectivity index (χ1) is 7.93. The van der Waals surface area contributed by atoms with Crippen molar-refractivity contribution < 1.29 is 4.39 Å². The highest BCUT2D eigenvalue weighted by Crippen LogP contribution is 2.35. The van der Waals surface area contributed by atoms with E-state index >= 15 is 0 Å². The third-order valence-electron chi connectivity index (χ3n) is 3.03. The number of halogens is 2. The van der Waals surface area contributed by atoms with Gasteiger partial charge in [-0.3, -0.25) is 4.98 Å². The van der Waals surface area contributed by atoms with Crippen LogP contribution >= 0.6 is 11.6 Å². The molecule has 0 amide bonds. The molecular weight excluding hydrogens is 237 g/mol. The molecule has 2 aromatic rings. The lowest BCUT2D eigenvalue weighted by Crippen LogP contribution is -2.00. The molecule has 0 atom stereocenters. The summed E-state index contributed by atoms with van der Waals surface area (Å²) >= 11 is 6.34. The van der Waals surface area contributed by atoms with Crippen molar-refractivity contribution in [3.8, 4) is 0 Å². The maximum atomic E-state index is 13.9. The SMILES string of the molecule is Cc1nc2c(C)ccc(F)c2c(Cl)c1C(C)C. The fourth-order valence-corrected chi connectivity index (χ4v) is 2.75. The number of pyridine rings is 1. The van der Waals surface area contributed by atoms with E-state index in [-0.39, 0.29) is 11.7 Å². The topological polar surface area (TPSA) is 12.9 Å². The molecule has 90 valence electrons. The largest absolute Gasteiger partial charge is 0.252 e. The zero-order chi connectivity index (χ0) is 12.7. The van der Waals surface area contributed by atoms with Crippen LogP contribution in [-0.4, -0.2) is 4.98 Å². The van der Waals surface area contributed by atoms with Crippen molar-refractivity contribution in [1.29, 1.82) is 0 Å². The van der Waals surface area contributed by atoms with Crippen LogP contribution in [0.4, 0.5) is 4.39 Å². The van der Waals surface area contributed by atoms with Gasteiger partial charge in [0.05, 0.1) is 15.9 Å². The standard InChI is InChI=1S/C14H15ClFN/c1-7(2)11-9(4)17-14-8(3)5-6-10(16)12(14)13(11)15/h5-7H,1-4H3. The minimum atomic E-state index is -0.301. The van der Waals surface area contributed by atoms with E-state index in [9.17, 15) is 4.39 Å². The van der Waals surface area contributed by atoms with Crippen molar-refractivity contribution in [2.45, 2.75) is 33.6 Å². The Labute approximate surface area is 106 Å². The number of hydrogen-bond donors (Lipinski definition) is 0. The van der Waals surface area contributed by atoms with Crippen LogP contribution in [0.1, 0.15) is 36.6 Å². The van der Waals surface area contributed by atoms with Gasteiger partial charge in [-0.25, -0.2) is 4.39 Å². The average molecular weight is 252 g/mol. The van der Waals surface area contributed by atoms with Gasteiger partial charge in [-0.2, -0.15) is 0 Å². The van der Waals surface area contributed by atoms with Gasteiger partial charge in [0, 0.05) is 5.69 Å². The summed E-state index contributed by atoms with van der Waals surface area (Å²) in [6.07, 6.45) is 0. The molecule has 0 radical (unpaired) electrons. The summed E-state index contributed by atoms with van der Waals surface area (Å²) in [5.41, 5.74) is 3.42. The molecule has 1 nitrogen and oxygen atoms in total. The number of hydrogen-bond acceptors (Lipinski definition) is 1. The smallest absolute Gasteiger partial charge is 0.134 e. The summed E-state index contributed by atoms with van der Waals surface area (Å²) in [6.45, 7) is 7.91. The molecule has 0 saturated carbocycles. The van der Waals surface area contributed by atoms with Crippen LogP contribution in [0.25, 0.3) is 10.9 Å². The van der Waals surface area contributed by atoms with Gasteiger partial charge in [-0.1, -0.05) is 31.5 Å². The first-order valence-electron chi connectivity index (χ1n) is 5.68. The molecule has 0 bridgehead atoms. The number of rotatable bonds is 1. The second kappa shape index (κ2) is 4.26. The van der Waals surface area contributed by atoms with E-state index in [1.807, 2.05) is 27.7 Å². The fraction of sp³-hybridized carbons (Fsp3) is 0.357. The number of benzene rings is 1. The molecule has 1 heterocycles. The molecule has 0 spiro atoms. The highest BCUT2D eigenvalue weighted by atomic mass is 35.5. The van der Waals surface area contributed by atoms with Gasteiger partial charge in [0.15, 0.2) is 0 Å². The van der Waals surface area contributed by atoms with Crippen LogP contribution in [0.5, 0.6) is 0 Å². The maximum absolute atomic E-state index is 13.9. The van der Waals surface area contributed by atoms with Gasteiger partial charge in [0.1, 0.15) is 5.82 Å². The lowest BCUT2D eigenvalue weighted by molar-refractivity contribution is 0.639. The van der Waals surface area contributed by atoms with E-state index in [1.165, 1.54) is 6.07 Å². The molecular formula is C14H15ClFN. The van der Waals surface area contributed by atoms with Crippen LogP contribution in [0.2, 0.25) is 5.02 Å². The van der Waals surface area contributed by atoms with Crippen molar-refractivity contribution >= 4 is 22.5 Å². The Morgan fingerprint density at radius 3 is 2.47 bits per heavy atom. The summed E-state index contributed by atoms with van der Waals surface area (Å²) in [7, 11) is 0. The molecule has 0 N–H and O–H groups in total. The molecule has 0 aliphatic rings. The van der Waals surface area contributed by atoms with Gasteiger partial charge in [-0.05, 0) is 37.0 Å². The Balaban J connectivity index is 2.97. The molecule has 1 aromatic carbocycles. The minimum Gasteiger partial charge on any atom is -0.252 e. The lowest BCUT2D eigenvalue weighted by Gasteiger charge is -2.15. The van der Waals surface area contributed by atoms with E-state index in [2.05, 4.69) is 4.98 Å². The van der Waals surface area contributed by atoms with Crippen molar-refractivity contribution in [2.24, 2.45) is 0 Å². The van der Waals surface area contributed by atoms with Gasteiger partial charge >= 0.3 is 0 Å². The molecule has 0 aliphatic carbocycles. The van der Waals surface area contributed by atoms with E-state index in [4.69, 9.17) is 11.6 Å². The number of fused-ring (bicyclic) bond motifs is 1. The van der Waals surface area contributed by atoms with Gasteiger partial charge in [0.2, 0.25) is 0 Å². The Kier molecular flexibility index (Phi) is 3.09. The second-order valence-electron chi connectivity index (χ2n) is 4.67. The van der Waals surface area contributed by atoms with Gasteiger partial charge in [0.25, 0.3) is 0 Å². The Morgan fingerprint density at radius 1 is 1.24 bits per heavy atom.